The Morgan fingerprint density at radius 3 is 1.14 bits per heavy atom. The summed E-state index contributed by atoms with van der Waals surface area (Å²) in [4.78, 5) is 25.5. The number of likely N-dealkylation sites (N-methyl/N-ethyl adjacent to an activating group) is 1. The molecule has 8 nitrogen and oxygen atoms in total. The second-order valence-corrected chi connectivity index (χ2v) is 24.9. The number of aliphatic hydroxyl groups is 1. The highest BCUT2D eigenvalue weighted by atomic mass is 31.2. The Labute approximate surface area is 472 Å². The molecule has 0 fully saturated rings. The summed E-state index contributed by atoms with van der Waals surface area (Å²) in [5.74, 6) is -0.210. The van der Waals surface area contributed by atoms with Gasteiger partial charge in [-0.2, -0.15) is 0 Å². The number of hydrogen-bond donors (Lipinski definition) is 2. The Bertz CT molecular complexity index is 1420. The number of phosphoric ester groups is 1. The summed E-state index contributed by atoms with van der Waals surface area (Å²) >= 11 is 0. The highest BCUT2D eigenvalue weighted by molar-refractivity contribution is 7.45. The molecule has 0 saturated heterocycles. The number of phosphoric acid groups is 1. The van der Waals surface area contributed by atoms with Gasteiger partial charge in [0.25, 0.3) is 7.82 Å². The van der Waals surface area contributed by atoms with Crippen LogP contribution in [-0.4, -0.2) is 68.5 Å². The molecule has 2 N–H and O–H groups in total. The number of carbonyl (C=O) groups is 1. The van der Waals surface area contributed by atoms with Crippen LogP contribution < -0.4 is 10.2 Å². The Morgan fingerprint density at radius 1 is 0.461 bits per heavy atom. The third-order valence-electron chi connectivity index (χ3n) is 14.7. The zero-order valence-corrected chi connectivity index (χ0v) is 51.9. The molecule has 0 bridgehead atoms. The van der Waals surface area contributed by atoms with Gasteiger partial charge in [0, 0.05) is 6.42 Å². The highest BCUT2D eigenvalue weighted by Gasteiger charge is 2.23. The van der Waals surface area contributed by atoms with Crippen molar-refractivity contribution in [1.29, 1.82) is 0 Å². The molecule has 0 aliphatic rings. The van der Waals surface area contributed by atoms with Crippen molar-refractivity contribution < 1.29 is 32.9 Å². The van der Waals surface area contributed by atoms with E-state index in [1.807, 2.05) is 27.2 Å². The standard InChI is InChI=1S/C67H127N2O6P/c1-6-8-10-12-14-16-18-20-22-23-24-25-26-27-28-29-30-31-32-33-34-35-36-37-38-39-40-41-42-43-44-45-47-49-51-53-55-57-59-61-67(71)68-65(64-75-76(72,73)74-63-62-69(3,4)5)66(70)60-58-56-54-52-50-48-46-21-19-17-15-13-11-9-7-2/h19,21,30-31,33-34,50,52,58,60,65-66,70H,6-18,20,22-29,32,35-49,51,53-57,59,61-64H2,1-5H3,(H-,68,71,72,73)/b21-19+,31-30-,34-33-,52-50+,60-58+. The molecule has 0 heterocycles. The monoisotopic (exact) mass is 1090 g/mol. The van der Waals surface area contributed by atoms with Crippen molar-refractivity contribution >= 4 is 13.7 Å². The van der Waals surface area contributed by atoms with Gasteiger partial charge in [-0.1, -0.05) is 286 Å². The fourth-order valence-electron chi connectivity index (χ4n) is 9.57. The van der Waals surface area contributed by atoms with Crippen molar-refractivity contribution in [1.82, 2.24) is 5.32 Å². The van der Waals surface area contributed by atoms with Gasteiger partial charge in [-0.25, -0.2) is 0 Å². The van der Waals surface area contributed by atoms with Crippen molar-refractivity contribution in [2.24, 2.45) is 0 Å². The molecule has 1 amide bonds. The molecule has 0 aromatic heterocycles. The lowest BCUT2D eigenvalue weighted by molar-refractivity contribution is -0.870. The number of rotatable bonds is 60. The molecule has 0 aliphatic heterocycles. The van der Waals surface area contributed by atoms with Gasteiger partial charge in [0.2, 0.25) is 5.91 Å². The number of quaternary nitrogens is 1. The number of nitrogens with zero attached hydrogens (tertiary/aromatic N) is 1. The van der Waals surface area contributed by atoms with Crippen LogP contribution in [0.3, 0.4) is 0 Å². The van der Waals surface area contributed by atoms with Crippen molar-refractivity contribution in [3.05, 3.63) is 60.8 Å². The molecule has 0 saturated carbocycles. The maximum atomic E-state index is 13.0. The highest BCUT2D eigenvalue weighted by Crippen LogP contribution is 2.38. The van der Waals surface area contributed by atoms with Gasteiger partial charge >= 0.3 is 0 Å². The first kappa shape index (κ1) is 74.2. The van der Waals surface area contributed by atoms with Crippen LogP contribution >= 0.6 is 7.82 Å². The molecule has 0 aliphatic carbocycles. The van der Waals surface area contributed by atoms with Gasteiger partial charge in [0.1, 0.15) is 13.2 Å². The van der Waals surface area contributed by atoms with Crippen LogP contribution in [0.2, 0.25) is 0 Å². The van der Waals surface area contributed by atoms with E-state index in [1.165, 1.54) is 238 Å². The van der Waals surface area contributed by atoms with Crippen molar-refractivity contribution in [2.75, 3.05) is 40.9 Å². The molecule has 76 heavy (non-hydrogen) atoms. The van der Waals surface area contributed by atoms with Crippen LogP contribution in [0.4, 0.5) is 0 Å². The summed E-state index contributed by atoms with van der Waals surface area (Å²) in [7, 11) is 1.24. The number of unbranched alkanes of at least 4 members (excludes halogenated alkanes) is 39. The lowest BCUT2D eigenvalue weighted by Gasteiger charge is -2.29. The largest absolute Gasteiger partial charge is 0.756 e. The van der Waals surface area contributed by atoms with Crippen molar-refractivity contribution in [3.8, 4) is 0 Å². The molecular weight excluding hydrogens is 960 g/mol. The van der Waals surface area contributed by atoms with E-state index in [-0.39, 0.29) is 12.5 Å². The maximum Gasteiger partial charge on any atom is 0.268 e. The number of carbonyl (C=O) groups excluding carboxylic acids is 1. The van der Waals surface area contributed by atoms with E-state index in [0.29, 0.717) is 17.4 Å². The fraction of sp³-hybridized carbons (Fsp3) is 0.836. The first-order valence-electron chi connectivity index (χ1n) is 32.7. The second-order valence-electron chi connectivity index (χ2n) is 23.4. The van der Waals surface area contributed by atoms with E-state index < -0.39 is 26.6 Å². The average Bonchev–Trinajstić information content (AvgIpc) is 3.38. The molecule has 9 heteroatoms. The van der Waals surface area contributed by atoms with E-state index in [4.69, 9.17) is 9.05 Å². The number of aliphatic hydroxyl groups excluding tert-OH is 1. The summed E-state index contributed by atoms with van der Waals surface area (Å²) in [5.41, 5.74) is 0. The zero-order valence-electron chi connectivity index (χ0n) is 51.0. The smallest absolute Gasteiger partial charge is 0.268 e. The minimum Gasteiger partial charge on any atom is -0.756 e. The Hall–Kier alpha value is -1.80. The lowest BCUT2D eigenvalue weighted by atomic mass is 10.0. The second kappa shape index (κ2) is 57.9. The van der Waals surface area contributed by atoms with Gasteiger partial charge in [-0.3, -0.25) is 9.36 Å². The Balaban J connectivity index is 3.96. The van der Waals surface area contributed by atoms with Crippen molar-refractivity contribution in [2.45, 2.75) is 321 Å². The molecule has 0 rings (SSSR count). The van der Waals surface area contributed by atoms with Gasteiger partial charge in [0.15, 0.2) is 0 Å². The lowest BCUT2D eigenvalue weighted by Crippen LogP contribution is -2.45. The third-order valence-corrected chi connectivity index (χ3v) is 15.6. The SMILES string of the molecule is CCCCCCC/C=C/CC/C=C/CC/C=C/C(O)C(COP(=O)([O-])OCC[N+](C)(C)C)NC(=O)CCCCCCCCCCCCCCCCCCC/C=C\C/C=C\CCCCCCCCCCCCCCCCC. The molecule has 0 aromatic rings. The summed E-state index contributed by atoms with van der Waals surface area (Å²) < 4.78 is 23.3. The molecule has 0 radical (unpaired) electrons. The van der Waals surface area contributed by atoms with Crippen LogP contribution in [0.25, 0.3) is 0 Å². The van der Waals surface area contributed by atoms with E-state index in [0.717, 1.165) is 51.4 Å². The van der Waals surface area contributed by atoms with Crippen LogP contribution in [-0.2, 0) is 18.4 Å². The topological polar surface area (TPSA) is 108 Å². The molecule has 3 atom stereocenters. The normalized spacial score (nSPS) is 14.1. The van der Waals surface area contributed by atoms with Gasteiger partial charge < -0.3 is 28.8 Å². The Morgan fingerprint density at radius 2 is 0.776 bits per heavy atom. The number of nitrogens with one attached hydrogen (secondary N) is 1. The predicted octanol–water partition coefficient (Wildman–Crippen LogP) is 19.8. The minimum absolute atomic E-state index is 0.00970. The van der Waals surface area contributed by atoms with Crippen LogP contribution in [0.1, 0.15) is 309 Å². The molecule has 0 aromatic carbocycles. The summed E-state index contributed by atoms with van der Waals surface area (Å²) in [6, 6.07) is -0.911. The zero-order chi connectivity index (χ0) is 55.6. The minimum atomic E-state index is -4.61. The summed E-state index contributed by atoms with van der Waals surface area (Å²) in [6.45, 7) is 4.63. The van der Waals surface area contributed by atoms with Gasteiger partial charge in [0.05, 0.1) is 39.9 Å². The first-order chi connectivity index (χ1) is 37.0. The molecule has 0 spiro atoms. The van der Waals surface area contributed by atoms with Crippen LogP contribution in [0.5, 0.6) is 0 Å². The Kier molecular flexibility index (Phi) is 56.5. The average molecular weight is 1090 g/mol. The third kappa shape index (κ3) is 59.9. The molecule has 3 unspecified atom stereocenters. The van der Waals surface area contributed by atoms with E-state index >= 15 is 0 Å². The van der Waals surface area contributed by atoms with E-state index in [2.05, 4.69) is 67.8 Å². The van der Waals surface area contributed by atoms with E-state index in [9.17, 15) is 19.4 Å². The van der Waals surface area contributed by atoms with E-state index in [1.54, 1.807) is 6.08 Å². The fourth-order valence-corrected chi connectivity index (χ4v) is 10.3. The maximum absolute atomic E-state index is 13.0. The van der Waals surface area contributed by atoms with Gasteiger partial charge in [-0.05, 0) is 77.0 Å². The molecular formula is C67H127N2O6P. The van der Waals surface area contributed by atoms with Gasteiger partial charge in [-0.15, -0.1) is 0 Å². The van der Waals surface area contributed by atoms with Crippen LogP contribution in [0.15, 0.2) is 60.8 Å². The van der Waals surface area contributed by atoms with Crippen LogP contribution in [0, 0.1) is 0 Å². The quantitative estimate of drug-likeness (QED) is 0.0272. The number of allylic oxidation sites excluding steroid dienone is 9. The van der Waals surface area contributed by atoms with Crippen molar-refractivity contribution in [3.63, 3.8) is 0 Å². The summed E-state index contributed by atoms with van der Waals surface area (Å²) in [6.07, 6.45) is 79.2. The predicted molar refractivity (Wildman–Crippen MR) is 330 cm³/mol. The molecule has 446 valence electrons. The summed E-state index contributed by atoms with van der Waals surface area (Å²) in [5, 5.41) is 13.8. The number of amides is 1. The first-order valence-corrected chi connectivity index (χ1v) is 34.1. The number of hydrogen-bond acceptors (Lipinski definition) is 6.